The fourth-order valence-corrected chi connectivity index (χ4v) is 2.46. The molecule has 1 aromatic heterocycles. The molecule has 0 saturated carbocycles. The van der Waals surface area contributed by atoms with Crippen molar-refractivity contribution in [2.45, 2.75) is 6.92 Å². The van der Waals surface area contributed by atoms with Crippen molar-refractivity contribution in [3.05, 3.63) is 46.4 Å². The van der Waals surface area contributed by atoms with Gasteiger partial charge in [0.1, 0.15) is 0 Å². The number of nitrogens with zero attached hydrogens (tertiary/aromatic N) is 2. The molecule has 0 amide bonds. The first-order chi connectivity index (χ1) is 10.0. The van der Waals surface area contributed by atoms with Crippen LogP contribution in [0.1, 0.15) is 5.56 Å². The van der Waals surface area contributed by atoms with Crippen molar-refractivity contribution >= 4 is 15.9 Å². The molecule has 3 aromatic rings. The zero-order valence-corrected chi connectivity index (χ0v) is 12.6. The minimum absolute atomic E-state index is 0.192. The third-order valence-corrected chi connectivity index (χ3v) is 3.57. The molecular formula is C15H11BrN2O3. The van der Waals surface area contributed by atoms with Gasteiger partial charge in [-0.3, -0.25) is 0 Å². The van der Waals surface area contributed by atoms with Gasteiger partial charge in [-0.15, -0.1) is 0 Å². The summed E-state index contributed by atoms with van der Waals surface area (Å²) in [5, 5.41) is 22.8. The average molecular weight is 347 g/mol. The lowest BCUT2D eigenvalue weighted by molar-refractivity contribution is 0.402. The zero-order chi connectivity index (χ0) is 15.0. The van der Waals surface area contributed by atoms with Gasteiger partial charge in [-0.2, -0.15) is 4.98 Å². The summed E-state index contributed by atoms with van der Waals surface area (Å²) in [6, 6.07) is 10.1. The molecule has 0 bridgehead atoms. The number of hydrogen-bond acceptors (Lipinski definition) is 5. The number of phenolic OH excluding ortho intramolecular Hbond substituents is 2. The number of aromatic nitrogens is 2. The van der Waals surface area contributed by atoms with Gasteiger partial charge in [0.25, 0.3) is 5.89 Å². The molecule has 3 rings (SSSR count). The Hall–Kier alpha value is -2.34. The molecule has 1 heterocycles. The number of halogens is 1. The maximum absolute atomic E-state index is 9.51. The van der Waals surface area contributed by atoms with Crippen LogP contribution in [0, 0.1) is 6.92 Å². The molecule has 0 aliphatic carbocycles. The molecule has 0 atom stereocenters. The summed E-state index contributed by atoms with van der Waals surface area (Å²) in [7, 11) is 0. The van der Waals surface area contributed by atoms with E-state index in [4.69, 9.17) is 4.52 Å². The second-order valence-electron chi connectivity index (χ2n) is 4.59. The molecule has 6 heteroatoms. The van der Waals surface area contributed by atoms with Crippen molar-refractivity contribution in [2.24, 2.45) is 0 Å². The molecule has 0 radical (unpaired) electrons. The summed E-state index contributed by atoms with van der Waals surface area (Å²) in [5.41, 5.74) is 2.43. The van der Waals surface area contributed by atoms with Crippen molar-refractivity contribution in [3.8, 4) is 34.3 Å². The van der Waals surface area contributed by atoms with E-state index in [1.54, 1.807) is 6.07 Å². The number of aryl methyl sites for hydroxylation is 1. The molecule has 5 nitrogen and oxygen atoms in total. The highest BCUT2D eigenvalue weighted by Gasteiger charge is 2.13. The lowest BCUT2D eigenvalue weighted by Crippen LogP contribution is -1.85. The normalized spacial score (nSPS) is 10.8. The molecule has 0 aliphatic heterocycles. The van der Waals surface area contributed by atoms with Crippen molar-refractivity contribution in [2.75, 3.05) is 0 Å². The van der Waals surface area contributed by atoms with E-state index in [2.05, 4.69) is 26.1 Å². The smallest absolute Gasteiger partial charge is 0.258 e. The van der Waals surface area contributed by atoms with Crippen LogP contribution < -0.4 is 0 Å². The number of phenols is 2. The minimum Gasteiger partial charge on any atom is -0.504 e. The third-order valence-electron chi connectivity index (χ3n) is 3.08. The van der Waals surface area contributed by atoms with Crippen molar-refractivity contribution in [1.29, 1.82) is 0 Å². The second kappa shape index (κ2) is 5.21. The third kappa shape index (κ3) is 2.62. The van der Waals surface area contributed by atoms with Gasteiger partial charge in [-0.05, 0) is 48.9 Å². The summed E-state index contributed by atoms with van der Waals surface area (Å²) < 4.78 is 6.20. The van der Waals surface area contributed by atoms with Crippen LogP contribution in [0.3, 0.4) is 0 Å². The predicted molar refractivity (Wildman–Crippen MR) is 80.9 cm³/mol. The number of aromatic hydroxyl groups is 2. The average Bonchev–Trinajstić information content (AvgIpc) is 2.91. The number of rotatable bonds is 2. The molecule has 21 heavy (non-hydrogen) atoms. The van der Waals surface area contributed by atoms with E-state index >= 15 is 0 Å². The Labute approximate surface area is 129 Å². The fraction of sp³-hybridized carbons (Fsp3) is 0.0667. The highest BCUT2D eigenvalue weighted by atomic mass is 79.9. The monoisotopic (exact) mass is 346 g/mol. The number of benzene rings is 2. The Morgan fingerprint density at radius 3 is 2.57 bits per heavy atom. The summed E-state index contributed by atoms with van der Waals surface area (Å²) in [5.74, 6) is 0.333. The molecule has 0 spiro atoms. The topological polar surface area (TPSA) is 79.4 Å². The zero-order valence-electron chi connectivity index (χ0n) is 11.0. The van der Waals surface area contributed by atoms with E-state index < -0.39 is 0 Å². The maximum atomic E-state index is 9.51. The fourth-order valence-electron chi connectivity index (χ4n) is 1.98. The van der Waals surface area contributed by atoms with Gasteiger partial charge in [0.05, 0.1) is 0 Å². The van der Waals surface area contributed by atoms with E-state index in [0.29, 0.717) is 11.4 Å². The van der Waals surface area contributed by atoms with Crippen LogP contribution in [0.25, 0.3) is 22.8 Å². The molecule has 0 saturated heterocycles. The molecular weight excluding hydrogens is 336 g/mol. The second-order valence-corrected chi connectivity index (χ2v) is 5.50. The molecule has 106 valence electrons. The van der Waals surface area contributed by atoms with Gasteiger partial charge in [-0.25, -0.2) is 0 Å². The summed E-state index contributed by atoms with van der Waals surface area (Å²) in [6.07, 6.45) is 0. The first-order valence-corrected chi connectivity index (χ1v) is 6.96. The lowest BCUT2D eigenvalue weighted by Gasteiger charge is -2.00. The van der Waals surface area contributed by atoms with E-state index in [0.717, 1.165) is 15.6 Å². The van der Waals surface area contributed by atoms with Gasteiger partial charge < -0.3 is 14.7 Å². The van der Waals surface area contributed by atoms with Gasteiger partial charge in [0, 0.05) is 15.6 Å². The first kappa shape index (κ1) is 13.6. The Balaban J connectivity index is 2.01. The Kier molecular flexibility index (Phi) is 3.39. The lowest BCUT2D eigenvalue weighted by atomic mass is 10.1. The van der Waals surface area contributed by atoms with Gasteiger partial charge in [0.15, 0.2) is 11.5 Å². The van der Waals surface area contributed by atoms with Crippen molar-refractivity contribution in [3.63, 3.8) is 0 Å². The highest BCUT2D eigenvalue weighted by Crippen LogP contribution is 2.31. The summed E-state index contributed by atoms with van der Waals surface area (Å²) >= 11 is 3.41. The predicted octanol–water partition coefficient (Wildman–Crippen LogP) is 3.89. The van der Waals surface area contributed by atoms with E-state index in [1.165, 1.54) is 12.1 Å². The van der Waals surface area contributed by atoms with E-state index in [9.17, 15) is 10.2 Å². The van der Waals surface area contributed by atoms with Crippen LogP contribution in [0.15, 0.2) is 45.4 Å². The Morgan fingerprint density at radius 1 is 1.05 bits per heavy atom. The van der Waals surface area contributed by atoms with Gasteiger partial charge in [-0.1, -0.05) is 21.1 Å². The van der Waals surface area contributed by atoms with Crippen LogP contribution in [0.4, 0.5) is 0 Å². The summed E-state index contributed by atoms with van der Waals surface area (Å²) in [4.78, 5) is 4.33. The van der Waals surface area contributed by atoms with Crippen LogP contribution in [-0.4, -0.2) is 20.4 Å². The van der Waals surface area contributed by atoms with Gasteiger partial charge in [0.2, 0.25) is 5.82 Å². The molecule has 2 aromatic carbocycles. The van der Waals surface area contributed by atoms with Gasteiger partial charge >= 0.3 is 0 Å². The SMILES string of the molecule is Cc1cc(Br)ccc1-c1noc(-c2ccc(O)c(O)c2)n1. The Morgan fingerprint density at radius 2 is 1.86 bits per heavy atom. The Bertz CT molecular complexity index is 814. The molecule has 0 fully saturated rings. The van der Waals surface area contributed by atoms with Crippen LogP contribution in [-0.2, 0) is 0 Å². The minimum atomic E-state index is -0.230. The standard InChI is InChI=1S/C15H11BrN2O3/c1-8-6-10(16)3-4-11(8)14-17-15(21-18-14)9-2-5-12(19)13(20)7-9/h2-7,19-20H,1H3. The molecule has 2 N–H and O–H groups in total. The van der Waals surface area contributed by atoms with Crippen molar-refractivity contribution < 1.29 is 14.7 Å². The number of hydrogen-bond donors (Lipinski definition) is 2. The highest BCUT2D eigenvalue weighted by molar-refractivity contribution is 9.10. The van der Waals surface area contributed by atoms with E-state index in [1.807, 2.05) is 25.1 Å². The van der Waals surface area contributed by atoms with Crippen LogP contribution in [0.5, 0.6) is 11.5 Å². The van der Waals surface area contributed by atoms with Crippen LogP contribution in [0.2, 0.25) is 0 Å². The molecule has 0 aliphatic rings. The summed E-state index contributed by atoms with van der Waals surface area (Å²) in [6.45, 7) is 1.96. The maximum Gasteiger partial charge on any atom is 0.258 e. The van der Waals surface area contributed by atoms with Crippen molar-refractivity contribution in [1.82, 2.24) is 10.1 Å². The quantitative estimate of drug-likeness (QED) is 0.688. The first-order valence-electron chi connectivity index (χ1n) is 6.17. The molecule has 0 unspecified atom stereocenters. The van der Waals surface area contributed by atoms with E-state index in [-0.39, 0.29) is 17.4 Å². The van der Waals surface area contributed by atoms with Crippen LogP contribution >= 0.6 is 15.9 Å². The largest absolute Gasteiger partial charge is 0.504 e.